The van der Waals surface area contributed by atoms with E-state index in [2.05, 4.69) is 105 Å². The van der Waals surface area contributed by atoms with Crippen molar-refractivity contribution in [1.29, 1.82) is 0 Å². The summed E-state index contributed by atoms with van der Waals surface area (Å²) in [7, 11) is 0. The lowest BCUT2D eigenvalue weighted by Crippen LogP contribution is -2.16. The van der Waals surface area contributed by atoms with Crippen LogP contribution >= 0.6 is 22.6 Å². The number of benzene rings is 2. The molecule has 0 heterocycles. The molecule has 1 aliphatic carbocycles. The molecule has 0 spiro atoms. The molecular weight excluding hydrogens is 391 g/mol. The molecule has 23 heavy (non-hydrogen) atoms. The van der Waals surface area contributed by atoms with Crippen LogP contribution in [-0.4, -0.2) is 0 Å². The zero-order valence-corrected chi connectivity index (χ0v) is 16.0. The maximum Gasteiger partial charge on any atom is 0.0158 e. The van der Waals surface area contributed by atoms with Gasteiger partial charge in [-0.05, 0) is 75.0 Å². The first-order valence-corrected chi connectivity index (χ1v) is 8.98. The van der Waals surface area contributed by atoms with Gasteiger partial charge in [-0.25, -0.2) is 0 Å². The lowest BCUT2D eigenvalue weighted by atomic mass is 9.80. The van der Waals surface area contributed by atoms with Gasteiger partial charge in [-0.15, -0.1) is 0 Å². The summed E-state index contributed by atoms with van der Waals surface area (Å²) >= 11 is 2.35. The molecule has 0 bridgehead atoms. The Morgan fingerprint density at radius 3 is 2.35 bits per heavy atom. The van der Waals surface area contributed by atoms with Crippen LogP contribution < -0.4 is 0 Å². The van der Waals surface area contributed by atoms with Crippen LogP contribution in [0.15, 0.2) is 72.8 Å². The van der Waals surface area contributed by atoms with Crippen LogP contribution in [0.1, 0.15) is 31.9 Å². The Labute approximate surface area is 152 Å². The maximum atomic E-state index is 4.10. The summed E-state index contributed by atoms with van der Waals surface area (Å²) in [6, 6.07) is 15.4. The van der Waals surface area contributed by atoms with Crippen molar-refractivity contribution < 1.29 is 0 Å². The second-order valence-electron chi connectivity index (χ2n) is 6.39. The van der Waals surface area contributed by atoms with E-state index in [1.807, 2.05) is 6.08 Å². The third-order valence-electron chi connectivity index (χ3n) is 4.66. The van der Waals surface area contributed by atoms with Crippen molar-refractivity contribution in [3.05, 3.63) is 87.5 Å². The Morgan fingerprint density at radius 2 is 1.74 bits per heavy atom. The van der Waals surface area contributed by atoms with Gasteiger partial charge in [0.2, 0.25) is 0 Å². The van der Waals surface area contributed by atoms with Gasteiger partial charge in [0.1, 0.15) is 0 Å². The second-order valence-corrected chi connectivity index (χ2v) is 7.64. The van der Waals surface area contributed by atoms with Crippen molar-refractivity contribution in [3.8, 4) is 11.1 Å². The largest absolute Gasteiger partial charge is 0.0984 e. The summed E-state index contributed by atoms with van der Waals surface area (Å²) in [6.07, 6.45) is 6.37. The molecule has 0 unspecified atom stereocenters. The highest BCUT2D eigenvalue weighted by molar-refractivity contribution is 14.1. The minimum atomic E-state index is 0.00454. The molecule has 2 aromatic carbocycles. The number of allylic oxidation sites excluding steroid dienone is 5. The van der Waals surface area contributed by atoms with E-state index in [1.54, 1.807) is 0 Å². The molecule has 1 aliphatic rings. The van der Waals surface area contributed by atoms with Crippen molar-refractivity contribution in [1.82, 2.24) is 0 Å². The Morgan fingerprint density at radius 1 is 1.04 bits per heavy atom. The van der Waals surface area contributed by atoms with Gasteiger partial charge in [0, 0.05) is 8.99 Å². The molecule has 0 N–H and O–H groups in total. The highest BCUT2D eigenvalue weighted by Gasteiger charge is 2.36. The lowest BCUT2D eigenvalue weighted by Gasteiger charge is -2.23. The Hall–Kier alpha value is -1.61. The van der Waals surface area contributed by atoms with Crippen LogP contribution in [0.3, 0.4) is 0 Å². The van der Waals surface area contributed by atoms with Crippen LogP contribution in [0.5, 0.6) is 0 Å². The molecule has 1 heteroatoms. The first-order valence-electron chi connectivity index (χ1n) is 7.90. The smallest absolute Gasteiger partial charge is 0.0158 e. The fraction of sp³-hybridized carbons (Fsp3) is 0.182. The average molecular weight is 412 g/mol. The Bertz CT molecular complexity index is 818. The molecule has 0 amide bonds. The Kier molecular flexibility index (Phi) is 4.33. The zero-order valence-electron chi connectivity index (χ0n) is 13.9. The lowest BCUT2D eigenvalue weighted by molar-refractivity contribution is 0.654. The molecule has 0 aliphatic heterocycles. The van der Waals surface area contributed by atoms with E-state index < -0.39 is 0 Å². The SMILES string of the molecule is C=CC1=C(/C=C\C)C(C)(C)c2cccc(-c3ccc(I)cc3)c21. The van der Waals surface area contributed by atoms with Gasteiger partial charge in [0.25, 0.3) is 0 Å². The topological polar surface area (TPSA) is 0 Å². The van der Waals surface area contributed by atoms with E-state index >= 15 is 0 Å². The van der Waals surface area contributed by atoms with Gasteiger partial charge in [-0.3, -0.25) is 0 Å². The van der Waals surface area contributed by atoms with Gasteiger partial charge in [-0.2, -0.15) is 0 Å². The van der Waals surface area contributed by atoms with Crippen LogP contribution in [0.2, 0.25) is 0 Å². The Balaban J connectivity index is 2.32. The molecular formula is C22H21I. The van der Waals surface area contributed by atoms with Gasteiger partial charge in [0.15, 0.2) is 0 Å². The molecule has 0 nitrogen and oxygen atoms in total. The summed E-state index contributed by atoms with van der Waals surface area (Å²) in [5, 5.41) is 0. The maximum absolute atomic E-state index is 4.10. The number of hydrogen-bond donors (Lipinski definition) is 0. The summed E-state index contributed by atoms with van der Waals surface area (Å²) < 4.78 is 1.26. The first kappa shape index (κ1) is 16.3. The minimum Gasteiger partial charge on any atom is -0.0984 e. The van der Waals surface area contributed by atoms with Crippen molar-refractivity contribution in [2.45, 2.75) is 26.2 Å². The number of halogens is 1. The monoisotopic (exact) mass is 412 g/mol. The first-order chi connectivity index (χ1) is 11.0. The van der Waals surface area contributed by atoms with E-state index in [-0.39, 0.29) is 5.41 Å². The third-order valence-corrected chi connectivity index (χ3v) is 5.38. The van der Waals surface area contributed by atoms with Gasteiger partial charge in [0.05, 0.1) is 0 Å². The highest BCUT2D eigenvalue weighted by atomic mass is 127. The summed E-state index contributed by atoms with van der Waals surface area (Å²) in [6.45, 7) is 10.8. The van der Waals surface area contributed by atoms with Crippen LogP contribution in [0, 0.1) is 3.57 Å². The summed E-state index contributed by atoms with van der Waals surface area (Å²) in [5.41, 5.74) is 7.89. The molecule has 0 saturated heterocycles. The molecule has 0 aromatic heterocycles. The number of rotatable bonds is 3. The van der Waals surface area contributed by atoms with Crippen molar-refractivity contribution >= 4 is 28.2 Å². The molecule has 0 saturated carbocycles. The quantitative estimate of drug-likeness (QED) is 0.489. The van der Waals surface area contributed by atoms with E-state index in [0.29, 0.717) is 0 Å². The minimum absolute atomic E-state index is 0.00454. The van der Waals surface area contributed by atoms with Gasteiger partial charge in [-0.1, -0.05) is 69.0 Å². The van der Waals surface area contributed by atoms with Crippen LogP contribution in [-0.2, 0) is 5.41 Å². The second kappa shape index (κ2) is 6.12. The fourth-order valence-corrected chi connectivity index (χ4v) is 3.89. The molecule has 0 radical (unpaired) electrons. The van der Waals surface area contributed by atoms with Crippen molar-refractivity contribution in [2.24, 2.45) is 0 Å². The zero-order chi connectivity index (χ0) is 16.6. The van der Waals surface area contributed by atoms with E-state index in [9.17, 15) is 0 Å². The van der Waals surface area contributed by atoms with E-state index in [1.165, 1.54) is 37.0 Å². The number of fused-ring (bicyclic) bond motifs is 1. The standard InChI is InChI=1S/C22H21I/c1-5-8-19-17(6-2)21-18(15-11-13-16(23)14-12-15)9-7-10-20(21)22(19,3)4/h5-14H,2H2,1,3-4H3/b8-5-. The average Bonchev–Trinajstić information content (AvgIpc) is 2.76. The van der Waals surface area contributed by atoms with E-state index in [0.717, 1.165) is 0 Å². The summed E-state index contributed by atoms with van der Waals surface area (Å²) in [4.78, 5) is 0. The predicted molar refractivity (Wildman–Crippen MR) is 110 cm³/mol. The fourth-order valence-electron chi connectivity index (χ4n) is 3.53. The van der Waals surface area contributed by atoms with Crippen LogP contribution in [0.4, 0.5) is 0 Å². The van der Waals surface area contributed by atoms with Crippen molar-refractivity contribution in [3.63, 3.8) is 0 Å². The highest BCUT2D eigenvalue weighted by Crippen LogP contribution is 2.50. The van der Waals surface area contributed by atoms with E-state index in [4.69, 9.17) is 0 Å². The normalized spacial score (nSPS) is 16.0. The van der Waals surface area contributed by atoms with Gasteiger partial charge < -0.3 is 0 Å². The molecule has 0 fully saturated rings. The molecule has 0 atom stereocenters. The molecule has 116 valence electrons. The number of hydrogen-bond acceptors (Lipinski definition) is 0. The summed E-state index contributed by atoms with van der Waals surface area (Å²) in [5.74, 6) is 0. The van der Waals surface area contributed by atoms with Crippen LogP contribution in [0.25, 0.3) is 16.7 Å². The third kappa shape index (κ3) is 2.61. The molecule has 2 aromatic rings. The molecule has 3 rings (SSSR count). The predicted octanol–water partition coefficient (Wildman–Crippen LogP) is 6.77. The van der Waals surface area contributed by atoms with Crippen molar-refractivity contribution in [2.75, 3.05) is 0 Å². The van der Waals surface area contributed by atoms with Gasteiger partial charge >= 0.3 is 0 Å².